The average Bonchev–Trinajstić information content (AvgIpc) is 2.30. The molecule has 6 nitrogen and oxygen atoms in total. The Kier molecular flexibility index (Phi) is 21.3. The molecular formula is C12H24N2O4. The van der Waals surface area contributed by atoms with Crippen LogP contribution in [0.5, 0.6) is 0 Å². The maximum atomic E-state index is 9.25. The fraction of sp³-hybridized carbons (Fsp3) is 0.500. The maximum absolute atomic E-state index is 9.25. The van der Waals surface area contributed by atoms with Gasteiger partial charge in [0, 0.05) is 12.2 Å². The highest BCUT2D eigenvalue weighted by Crippen LogP contribution is 1.97. The molecule has 0 aliphatic carbocycles. The minimum absolute atomic E-state index is 0.0958. The third kappa shape index (κ3) is 47.4. The summed E-state index contributed by atoms with van der Waals surface area (Å²) in [4.78, 5) is 18.5. The third-order valence-electron chi connectivity index (χ3n) is 1.49. The van der Waals surface area contributed by atoms with Crippen molar-refractivity contribution >= 4 is 11.9 Å². The molecule has 0 aliphatic heterocycles. The van der Waals surface area contributed by atoms with E-state index in [0.29, 0.717) is 0 Å². The Morgan fingerprint density at radius 3 is 1.61 bits per heavy atom. The summed E-state index contributed by atoms with van der Waals surface area (Å²) in [5.74, 6) is -1.96. The van der Waals surface area contributed by atoms with E-state index in [1.54, 1.807) is 0 Å². The number of nitrogens with two attached hydrogens (primary N) is 2. The van der Waals surface area contributed by atoms with E-state index in [0.717, 1.165) is 18.6 Å². The van der Waals surface area contributed by atoms with Gasteiger partial charge in [-0.3, -0.25) is 0 Å². The van der Waals surface area contributed by atoms with Crippen LogP contribution in [0.15, 0.2) is 25.3 Å². The van der Waals surface area contributed by atoms with Crippen LogP contribution in [0.25, 0.3) is 0 Å². The lowest BCUT2D eigenvalue weighted by Gasteiger charge is -2.01. The van der Waals surface area contributed by atoms with E-state index in [2.05, 4.69) is 20.1 Å². The minimum Gasteiger partial charge on any atom is -0.478 e. The van der Waals surface area contributed by atoms with Crippen LogP contribution in [-0.2, 0) is 9.59 Å². The highest BCUT2D eigenvalue weighted by Gasteiger charge is 1.90. The third-order valence-corrected chi connectivity index (χ3v) is 1.49. The Morgan fingerprint density at radius 2 is 1.44 bits per heavy atom. The second-order valence-electron chi connectivity index (χ2n) is 3.24. The van der Waals surface area contributed by atoms with Gasteiger partial charge in [0.1, 0.15) is 0 Å². The van der Waals surface area contributed by atoms with Crippen molar-refractivity contribution < 1.29 is 19.8 Å². The van der Waals surface area contributed by atoms with Gasteiger partial charge in [-0.15, -0.1) is 0 Å². The topological polar surface area (TPSA) is 127 Å². The number of hydrogen-bond donors (Lipinski definition) is 4. The molecule has 0 amide bonds. The van der Waals surface area contributed by atoms with E-state index in [-0.39, 0.29) is 6.17 Å². The monoisotopic (exact) mass is 260 g/mol. The van der Waals surface area contributed by atoms with Crippen LogP contribution < -0.4 is 11.5 Å². The normalized spacial score (nSPS) is 8.22. The van der Waals surface area contributed by atoms with Gasteiger partial charge in [-0.2, -0.15) is 0 Å². The molecule has 0 rings (SSSR count). The van der Waals surface area contributed by atoms with Crippen molar-refractivity contribution in [3.8, 4) is 0 Å². The predicted molar refractivity (Wildman–Crippen MR) is 72.0 cm³/mol. The quantitative estimate of drug-likeness (QED) is 0.324. The highest BCUT2D eigenvalue weighted by atomic mass is 16.4. The van der Waals surface area contributed by atoms with Crippen molar-refractivity contribution in [2.24, 2.45) is 11.5 Å². The highest BCUT2D eigenvalue weighted by molar-refractivity contribution is 5.79. The molecule has 0 unspecified atom stereocenters. The van der Waals surface area contributed by atoms with Crippen LogP contribution in [0, 0.1) is 0 Å². The smallest absolute Gasteiger partial charge is 0.327 e. The number of unbranched alkanes of at least 4 members (excludes halogenated alkanes) is 2. The molecule has 0 saturated heterocycles. The summed E-state index contributed by atoms with van der Waals surface area (Å²) < 4.78 is 0. The van der Waals surface area contributed by atoms with Gasteiger partial charge < -0.3 is 21.7 Å². The van der Waals surface area contributed by atoms with Crippen molar-refractivity contribution in [3.05, 3.63) is 25.3 Å². The van der Waals surface area contributed by atoms with Gasteiger partial charge in [0.2, 0.25) is 0 Å². The number of rotatable bonds is 6. The zero-order valence-electron chi connectivity index (χ0n) is 10.8. The van der Waals surface area contributed by atoms with Crippen molar-refractivity contribution in [1.82, 2.24) is 0 Å². The molecule has 0 radical (unpaired) electrons. The molecule has 0 saturated carbocycles. The molecule has 0 aromatic heterocycles. The van der Waals surface area contributed by atoms with Gasteiger partial charge in [-0.25, -0.2) is 9.59 Å². The van der Waals surface area contributed by atoms with E-state index < -0.39 is 11.9 Å². The van der Waals surface area contributed by atoms with Crippen molar-refractivity contribution in [3.63, 3.8) is 0 Å². The van der Waals surface area contributed by atoms with Gasteiger partial charge in [-0.05, 0) is 6.42 Å². The summed E-state index contributed by atoms with van der Waals surface area (Å²) in [6, 6.07) is 0. The molecule has 0 aliphatic rings. The van der Waals surface area contributed by atoms with Crippen LogP contribution in [0.2, 0.25) is 0 Å². The summed E-state index contributed by atoms with van der Waals surface area (Å²) in [5.41, 5.74) is 10.6. The standard InChI is InChI=1S/C6H16N2.2C3H4O2/c1-2-3-4-5-6(7)8;2*1-2-3(4)5/h6H,2-5,7-8H2,1H3;2*2H,1H2,(H,4,5). The van der Waals surface area contributed by atoms with Gasteiger partial charge in [0.15, 0.2) is 0 Å². The summed E-state index contributed by atoms with van der Waals surface area (Å²) in [6.45, 7) is 8.09. The van der Waals surface area contributed by atoms with Crippen LogP contribution in [0.4, 0.5) is 0 Å². The second-order valence-corrected chi connectivity index (χ2v) is 3.24. The molecule has 106 valence electrons. The number of carbonyl (C=O) groups is 2. The first-order valence-corrected chi connectivity index (χ1v) is 5.53. The molecular weight excluding hydrogens is 236 g/mol. The molecule has 0 atom stereocenters. The number of carboxylic acid groups (broad SMARTS) is 2. The zero-order valence-corrected chi connectivity index (χ0v) is 10.8. The molecule has 0 aromatic carbocycles. The number of hydrogen-bond acceptors (Lipinski definition) is 4. The van der Waals surface area contributed by atoms with Crippen LogP contribution in [0.3, 0.4) is 0 Å². The SMILES string of the molecule is C=CC(=O)O.C=CC(=O)O.CCCCCC(N)N. The van der Waals surface area contributed by atoms with Crippen LogP contribution in [-0.4, -0.2) is 28.3 Å². The van der Waals surface area contributed by atoms with Crippen molar-refractivity contribution in [1.29, 1.82) is 0 Å². The Bertz CT molecular complexity index is 222. The van der Waals surface area contributed by atoms with Crippen LogP contribution in [0.1, 0.15) is 32.6 Å². The molecule has 0 spiro atoms. The fourth-order valence-electron chi connectivity index (χ4n) is 0.630. The summed E-state index contributed by atoms with van der Waals surface area (Å²) in [5, 5.41) is 15.2. The Labute approximate surface area is 108 Å². The Hall–Kier alpha value is -1.66. The first-order chi connectivity index (χ1) is 8.31. The predicted octanol–water partition coefficient (Wildman–Crippen LogP) is 1.32. The van der Waals surface area contributed by atoms with E-state index in [1.165, 1.54) is 19.3 Å². The van der Waals surface area contributed by atoms with Crippen molar-refractivity contribution in [2.75, 3.05) is 0 Å². The first kappa shape index (κ1) is 21.6. The molecule has 6 N–H and O–H groups in total. The van der Waals surface area contributed by atoms with Crippen LogP contribution >= 0.6 is 0 Å². The average molecular weight is 260 g/mol. The molecule has 18 heavy (non-hydrogen) atoms. The summed E-state index contributed by atoms with van der Waals surface area (Å²) >= 11 is 0. The zero-order chi connectivity index (χ0) is 15.0. The Morgan fingerprint density at radius 1 is 1.11 bits per heavy atom. The second kappa shape index (κ2) is 17.7. The number of carboxylic acids is 2. The minimum atomic E-state index is -0.981. The molecule has 0 fully saturated rings. The maximum Gasteiger partial charge on any atom is 0.327 e. The molecule has 6 heteroatoms. The summed E-state index contributed by atoms with van der Waals surface area (Å²) in [6.07, 6.45) is 6.21. The molecule has 0 aromatic rings. The Balaban J connectivity index is -0.000000197. The fourth-order valence-corrected chi connectivity index (χ4v) is 0.630. The van der Waals surface area contributed by atoms with Gasteiger partial charge in [-0.1, -0.05) is 39.3 Å². The lowest BCUT2D eigenvalue weighted by molar-refractivity contribution is -0.132. The lowest BCUT2D eigenvalue weighted by Crippen LogP contribution is -2.29. The van der Waals surface area contributed by atoms with Gasteiger partial charge in [0.05, 0.1) is 6.17 Å². The van der Waals surface area contributed by atoms with E-state index in [1.807, 2.05) is 0 Å². The van der Waals surface area contributed by atoms with Gasteiger partial charge in [0.25, 0.3) is 0 Å². The van der Waals surface area contributed by atoms with E-state index in [4.69, 9.17) is 21.7 Å². The largest absolute Gasteiger partial charge is 0.478 e. The van der Waals surface area contributed by atoms with Crippen molar-refractivity contribution in [2.45, 2.75) is 38.8 Å². The first-order valence-electron chi connectivity index (χ1n) is 5.53. The summed E-state index contributed by atoms with van der Waals surface area (Å²) in [7, 11) is 0. The van der Waals surface area contributed by atoms with Gasteiger partial charge >= 0.3 is 11.9 Å². The molecule has 0 heterocycles. The van der Waals surface area contributed by atoms with E-state index in [9.17, 15) is 9.59 Å². The lowest BCUT2D eigenvalue weighted by atomic mass is 10.2. The molecule has 0 bridgehead atoms. The number of aliphatic carboxylic acids is 2. The van der Waals surface area contributed by atoms with E-state index >= 15 is 0 Å².